The Hall–Kier alpha value is -1.32. The Balaban J connectivity index is 3.00. The normalized spacial score (nSPS) is 24.1. The average molecular weight is 197 g/mol. The zero-order valence-corrected chi connectivity index (χ0v) is 8.70. The van der Waals surface area contributed by atoms with Gasteiger partial charge in [-0.05, 0) is 12.8 Å². The zero-order valence-electron chi connectivity index (χ0n) is 8.70. The largest absolute Gasteiger partial charge is 0.511 e. The van der Waals surface area contributed by atoms with Gasteiger partial charge >= 0.3 is 0 Å². The van der Waals surface area contributed by atoms with Gasteiger partial charge in [0.1, 0.15) is 12.9 Å². The van der Waals surface area contributed by atoms with Gasteiger partial charge in [0.25, 0.3) is 0 Å². The maximum atomic E-state index is 11.6. The lowest BCUT2D eigenvalue weighted by atomic mass is 9.87. The molecule has 0 radical (unpaired) electrons. The number of ketones is 1. The van der Waals surface area contributed by atoms with Crippen molar-refractivity contribution >= 4 is 11.5 Å². The number of hydrogen-bond donors (Lipinski definition) is 1. The predicted molar refractivity (Wildman–Crippen MR) is 53.2 cm³/mol. The van der Waals surface area contributed by atoms with Crippen molar-refractivity contribution in [3.05, 3.63) is 11.3 Å². The van der Waals surface area contributed by atoms with Crippen molar-refractivity contribution in [2.75, 3.05) is 7.11 Å². The van der Waals surface area contributed by atoms with Gasteiger partial charge in [-0.15, -0.1) is 0 Å². The summed E-state index contributed by atoms with van der Waals surface area (Å²) in [5.74, 6) is 0.285. The van der Waals surface area contributed by atoms with Crippen LogP contribution in [0.15, 0.2) is 16.5 Å². The Kier molecular flexibility index (Phi) is 3.28. The number of carbonyl (C=O) groups is 1. The Morgan fingerprint density at radius 3 is 2.71 bits per heavy atom. The maximum absolute atomic E-state index is 11.6. The number of rotatable bonds is 2. The van der Waals surface area contributed by atoms with Crippen LogP contribution in [0.25, 0.3) is 0 Å². The molecule has 1 aliphatic rings. The van der Waals surface area contributed by atoms with Crippen molar-refractivity contribution in [2.24, 2.45) is 11.1 Å². The molecule has 0 bridgehead atoms. The van der Waals surface area contributed by atoms with E-state index in [1.807, 2.05) is 6.92 Å². The summed E-state index contributed by atoms with van der Waals surface area (Å²) >= 11 is 0. The van der Waals surface area contributed by atoms with E-state index < -0.39 is 0 Å². The molecule has 0 saturated heterocycles. The molecule has 4 nitrogen and oxygen atoms in total. The van der Waals surface area contributed by atoms with Crippen LogP contribution >= 0.6 is 0 Å². The second-order valence-electron chi connectivity index (χ2n) is 3.62. The molecule has 4 heteroatoms. The van der Waals surface area contributed by atoms with Gasteiger partial charge in [0, 0.05) is 12.8 Å². The van der Waals surface area contributed by atoms with Crippen LogP contribution in [-0.4, -0.2) is 23.7 Å². The first-order chi connectivity index (χ1) is 6.56. The molecule has 1 atom stereocenters. The van der Waals surface area contributed by atoms with E-state index >= 15 is 0 Å². The fourth-order valence-electron chi connectivity index (χ4n) is 1.68. The predicted octanol–water partition coefficient (Wildman–Crippen LogP) is 1.82. The lowest BCUT2D eigenvalue weighted by Gasteiger charge is -2.19. The third-order valence-corrected chi connectivity index (χ3v) is 2.23. The van der Waals surface area contributed by atoms with Crippen LogP contribution in [0.5, 0.6) is 0 Å². The first-order valence-electron chi connectivity index (χ1n) is 4.59. The van der Waals surface area contributed by atoms with Crippen LogP contribution < -0.4 is 0 Å². The standard InChI is InChI=1S/C10H15NO3/c1-6-4-8(12)10(9(13)5-6)7(2)11-14-3/h6,12H,4-5H2,1-3H3/b11-7-. The molecule has 0 aromatic carbocycles. The van der Waals surface area contributed by atoms with Gasteiger partial charge in [-0.2, -0.15) is 0 Å². The molecule has 0 aromatic heterocycles. The number of aliphatic hydroxyl groups is 1. The summed E-state index contributed by atoms with van der Waals surface area (Å²) < 4.78 is 0. The minimum Gasteiger partial charge on any atom is -0.511 e. The van der Waals surface area contributed by atoms with Crippen LogP contribution in [0, 0.1) is 5.92 Å². The Morgan fingerprint density at radius 1 is 1.57 bits per heavy atom. The highest BCUT2D eigenvalue weighted by atomic mass is 16.6. The van der Waals surface area contributed by atoms with E-state index in [2.05, 4.69) is 9.99 Å². The highest BCUT2D eigenvalue weighted by Crippen LogP contribution is 2.25. The van der Waals surface area contributed by atoms with Gasteiger partial charge in [-0.3, -0.25) is 4.79 Å². The summed E-state index contributed by atoms with van der Waals surface area (Å²) in [6.45, 7) is 3.59. The fraction of sp³-hybridized carbons (Fsp3) is 0.600. The summed E-state index contributed by atoms with van der Waals surface area (Å²) in [6.07, 6.45) is 1.01. The number of oxime groups is 1. The quantitative estimate of drug-likeness (QED) is 0.542. The van der Waals surface area contributed by atoms with Crippen molar-refractivity contribution in [3.63, 3.8) is 0 Å². The van der Waals surface area contributed by atoms with Crippen molar-refractivity contribution in [2.45, 2.75) is 26.7 Å². The van der Waals surface area contributed by atoms with Crippen LogP contribution in [0.4, 0.5) is 0 Å². The monoisotopic (exact) mass is 197 g/mol. The minimum atomic E-state index is -0.0560. The van der Waals surface area contributed by atoms with E-state index in [0.29, 0.717) is 24.1 Å². The van der Waals surface area contributed by atoms with Gasteiger partial charge in [0.05, 0.1) is 11.3 Å². The van der Waals surface area contributed by atoms with Crippen LogP contribution in [-0.2, 0) is 9.63 Å². The molecule has 0 amide bonds. The molecule has 14 heavy (non-hydrogen) atoms. The van der Waals surface area contributed by atoms with Crippen LogP contribution in [0.1, 0.15) is 26.7 Å². The molecule has 1 unspecified atom stereocenters. The lowest BCUT2D eigenvalue weighted by Crippen LogP contribution is -2.22. The summed E-state index contributed by atoms with van der Waals surface area (Å²) in [6, 6.07) is 0. The number of Topliss-reactive ketones (excluding diaryl/α,β-unsaturated/α-hetero) is 1. The number of aliphatic hydroxyl groups excluding tert-OH is 1. The summed E-state index contributed by atoms with van der Waals surface area (Å²) in [4.78, 5) is 16.1. The van der Waals surface area contributed by atoms with E-state index in [4.69, 9.17) is 0 Å². The number of carbonyl (C=O) groups excluding carboxylic acids is 1. The first kappa shape index (κ1) is 10.8. The van der Waals surface area contributed by atoms with E-state index in [1.165, 1.54) is 7.11 Å². The van der Waals surface area contributed by atoms with Gasteiger partial charge in [0.2, 0.25) is 0 Å². The molecule has 0 aliphatic heterocycles. The van der Waals surface area contributed by atoms with Gasteiger partial charge in [-0.25, -0.2) is 0 Å². The van der Waals surface area contributed by atoms with Gasteiger partial charge in [-0.1, -0.05) is 12.1 Å². The Morgan fingerprint density at radius 2 is 2.21 bits per heavy atom. The van der Waals surface area contributed by atoms with Crippen LogP contribution in [0.3, 0.4) is 0 Å². The second kappa shape index (κ2) is 4.26. The van der Waals surface area contributed by atoms with Gasteiger partial charge < -0.3 is 9.94 Å². The molecule has 0 saturated carbocycles. The van der Waals surface area contributed by atoms with E-state index in [0.717, 1.165) is 0 Å². The van der Waals surface area contributed by atoms with E-state index in [1.54, 1.807) is 6.92 Å². The molecular weight excluding hydrogens is 182 g/mol. The van der Waals surface area contributed by atoms with E-state index in [-0.39, 0.29) is 17.5 Å². The summed E-state index contributed by atoms with van der Waals surface area (Å²) in [5, 5.41) is 13.3. The molecule has 1 rings (SSSR count). The summed E-state index contributed by atoms with van der Waals surface area (Å²) in [7, 11) is 1.41. The fourth-order valence-corrected chi connectivity index (χ4v) is 1.68. The minimum absolute atomic E-state index is 0.0560. The Bertz CT molecular complexity index is 304. The molecule has 0 aromatic rings. The molecular formula is C10H15NO3. The van der Waals surface area contributed by atoms with Gasteiger partial charge in [0.15, 0.2) is 5.78 Å². The second-order valence-corrected chi connectivity index (χ2v) is 3.62. The molecule has 78 valence electrons. The smallest absolute Gasteiger partial charge is 0.168 e. The third kappa shape index (κ3) is 2.13. The highest BCUT2D eigenvalue weighted by Gasteiger charge is 2.26. The van der Waals surface area contributed by atoms with Crippen molar-refractivity contribution in [1.82, 2.24) is 0 Å². The molecule has 1 aliphatic carbocycles. The number of hydrogen-bond acceptors (Lipinski definition) is 4. The topological polar surface area (TPSA) is 58.9 Å². The average Bonchev–Trinajstić information content (AvgIpc) is 2.01. The Labute approximate surface area is 83.2 Å². The molecule has 0 spiro atoms. The van der Waals surface area contributed by atoms with Crippen molar-refractivity contribution in [1.29, 1.82) is 0 Å². The molecule has 1 N–H and O–H groups in total. The molecule has 0 heterocycles. The van der Waals surface area contributed by atoms with Crippen molar-refractivity contribution < 1.29 is 14.7 Å². The number of nitrogens with zero attached hydrogens (tertiary/aromatic N) is 1. The summed E-state index contributed by atoms with van der Waals surface area (Å²) in [5.41, 5.74) is 0.770. The van der Waals surface area contributed by atoms with Crippen LogP contribution in [0.2, 0.25) is 0 Å². The van der Waals surface area contributed by atoms with Crippen molar-refractivity contribution in [3.8, 4) is 0 Å². The third-order valence-electron chi connectivity index (χ3n) is 2.23. The first-order valence-corrected chi connectivity index (χ1v) is 4.59. The zero-order chi connectivity index (χ0) is 10.7. The number of allylic oxidation sites excluding steroid dienone is 2. The SMILES string of the molecule is CO/N=C(/C)C1=C(O)CC(C)CC1=O. The maximum Gasteiger partial charge on any atom is 0.168 e. The highest BCUT2D eigenvalue weighted by molar-refractivity contribution is 6.22. The lowest BCUT2D eigenvalue weighted by molar-refractivity contribution is -0.116. The van der Waals surface area contributed by atoms with E-state index in [9.17, 15) is 9.90 Å². The molecule has 0 fully saturated rings.